The molecule has 0 atom stereocenters. The Hall–Kier alpha value is -1.63. The largest absolute Gasteiger partial charge is 0.433 e. The van der Waals surface area contributed by atoms with E-state index in [9.17, 15) is 13.2 Å². The van der Waals surface area contributed by atoms with E-state index in [0.717, 1.165) is 31.7 Å². The number of hydrogen-bond donors (Lipinski definition) is 0. The summed E-state index contributed by atoms with van der Waals surface area (Å²) in [6.07, 6.45) is 1.33. The lowest BCUT2D eigenvalue weighted by Crippen LogP contribution is -2.11. The van der Waals surface area contributed by atoms with Crippen LogP contribution in [-0.2, 0) is 6.18 Å². The second-order valence-corrected chi connectivity index (χ2v) is 6.47. The number of hydrogen-bond acceptors (Lipinski definition) is 4. The zero-order valence-corrected chi connectivity index (χ0v) is 12.5. The maximum absolute atomic E-state index is 13.1. The van der Waals surface area contributed by atoms with Crippen LogP contribution < -0.4 is 0 Å². The van der Waals surface area contributed by atoms with Gasteiger partial charge in [0.1, 0.15) is 16.4 Å². The van der Waals surface area contributed by atoms with Crippen LogP contribution in [0.2, 0.25) is 0 Å². The Balaban J connectivity index is 1.98. The van der Waals surface area contributed by atoms with Crippen molar-refractivity contribution in [3.63, 3.8) is 0 Å². The highest BCUT2D eigenvalue weighted by atomic mass is 32.2. The molecule has 1 fully saturated rings. The van der Waals surface area contributed by atoms with Gasteiger partial charge in [0.15, 0.2) is 5.82 Å². The first-order valence-electron chi connectivity index (χ1n) is 7.07. The average Bonchev–Trinajstić information content (AvgIpc) is 3.00. The average molecular weight is 325 g/mol. The Morgan fingerprint density at radius 3 is 2.50 bits per heavy atom. The molecule has 7 heteroatoms. The number of aromatic nitrogens is 3. The Labute approximate surface area is 130 Å². The van der Waals surface area contributed by atoms with E-state index in [0.29, 0.717) is 16.0 Å². The molecule has 0 radical (unpaired) electrons. The van der Waals surface area contributed by atoms with Crippen LogP contribution in [0.4, 0.5) is 13.2 Å². The zero-order chi connectivity index (χ0) is 15.6. The number of thioether (sulfide) groups is 1. The second-order valence-electron chi connectivity index (χ2n) is 5.15. The predicted molar refractivity (Wildman–Crippen MR) is 78.4 cm³/mol. The van der Waals surface area contributed by atoms with Gasteiger partial charge < -0.3 is 0 Å². The molecule has 2 aromatic heterocycles. The van der Waals surface area contributed by atoms with Gasteiger partial charge in [0.2, 0.25) is 0 Å². The molecule has 0 unspecified atom stereocenters. The smallest absolute Gasteiger partial charge is 0.253 e. The summed E-state index contributed by atoms with van der Waals surface area (Å²) < 4.78 is 39.2. The van der Waals surface area contributed by atoms with E-state index in [1.165, 1.54) is 18.0 Å². The van der Waals surface area contributed by atoms with E-state index < -0.39 is 11.9 Å². The highest BCUT2D eigenvalue weighted by molar-refractivity contribution is 7.99. The van der Waals surface area contributed by atoms with Crippen molar-refractivity contribution in [2.75, 3.05) is 0 Å². The molecule has 0 bridgehead atoms. The molecule has 1 saturated carbocycles. The molecule has 3 rings (SSSR count). The summed E-state index contributed by atoms with van der Waals surface area (Å²) >= 11 is 1.41. The van der Waals surface area contributed by atoms with Crippen molar-refractivity contribution >= 4 is 11.8 Å². The molecule has 1 aliphatic rings. The highest BCUT2D eigenvalue weighted by Gasteiger charge is 2.34. The molecule has 0 aliphatic heterocycles. The summed E-state index contributed by atoms with van der Waals surface area (Å²) in [5.74, 6) is 0.0240. The van der Waals surface area contributed by atoms with E-state index in [4.69, 9.17) is 0 Å². The SMILES string of the molecule is FC(F)(F)c1cc(SC2CCCC2)nc(-c2ccccn2)n1. The van der Waals surface area contributed by atoms with E-state index in [2.05, 4.69) is 15.0 Å². The Morgan fingerprint density at radius 2 is 1.86 bits per heavy atom. The van der Waals surface area contributed by atoms with Crippen LogP contribution in [0.5, 0.6) is 0 Å². The van der Waals surface area contributed by atoms with Crippen molar-refractivity contribution in [1.29, 1.82) is 0 Å². The Bertz CT molecular complexity index is 640. The van der Waals surface area contributed by atoms with Gasteiger partial charge in [-0.05, 0) is 25.0 Å². The molecule has 22 heavy (non-hydrogen) atoms. The summed E-state index contributed by atoms with van der Waals surface area (Å²) in [6, 6.07) is 6.05. The van der Waals surface area contributed by atoms with Crippen molar-refractivity contribution < 1.29 is 13.2 Å². The molecule has 3 nitrogen and oxygen atoms in total. The Kier molecular flexibility index (Phi) is 4.33. The minimum atomic E-state index is -4.49. The van der Waals surface area contributed by atoms with Crippen LogP contribution in [0.15, 0.2) is 35.5 Å². The highest BCUT2D eigenvalue weighted by Crippen LogP contribution is 2.37. The lowest BCUT2D eigenvalue weighted by atomic mass is 10.3. The number of pyridine rings is 1. The number of halogens is 3. The standard InChI is InChI=1S/C15H14F3N3S/c16-15(17,18)12-9-13(22-10-5-1-2-6-10)21-14(20-12)11-7-3-4-8-19-11/h3-4,7-10H,1-2,5-6H2. The molecule has 1 aliphatic carbocycles. The molecule has 0 amide bonds. The van der Waals surface area contributed by atoms with Crippen molar-refractivity contribution in [3.8, 4) is 11.5 Å². The lowest BCUT2D eigenvalue weighted by molar-refractivity contribution is -0.141. The molecule has 0 aromatic carbocycles. The molecule has 0 saturated heterocycles. The van der Waals surface area contributed by atoms with Crippen LogP contribution in [0.3, 0.4) is 0 Å². The summed E-state index contributed by atoms with van der Waals surface area (Å²) in [5, 5.41) is 0.711. The van der Waals surface area contributed by atoms with Crippen LogP contribution in [0.25, 0.3) is 11.5 Å². The van der Waals surface area contributed by atoms with E-state index in [1.54, 1.807) is 18.2 Å². The molecular weight excluding hydrogens is 311 g/mol. The zero-order valence-electron chi connectivity index (χ0n) is 11.7. The quantitative estimate of drug-likeness (QED) is 0.774. The fourth-order valence-electron chi connectivity index (χ4n) is 2.42. The van der Waals surface area contributed by atoms with Gasteiger partial charge in [-0.2, -0.15) is 13.2 Å². The van der Waals surface area contributed by atoms with Crippen molar-refractivity contribution in [3.05, 3.63) is 36.2 Å². The molecule has 0 spiro atoms. The van der Waals surface area contributed by atoms with Crippen LogP contribution in [0.1, 0.15) is 31.4 Å². The summed E-state index contributed by atoms with van der Waals surface area (Å²) in [7, 11) is 0. The van der Waals surface area contributed by atoms with Crippen LogP contribution in [-0.4, -0.2) is 20.2 Å². The number of alkyl halides is 3. The fourth-order valence-corrected chi connectivity index (χ4v) is 3.65. The first-order valence-corrected chi connectivity index (χ1v) is 7.95. The second kappa shape index (κ2) is 6.24. The van der Waals surface area contributed by atoms with Gasteiger partial charge in [-0.25, -0.2) is 9.97 Å². The van der Waals surface area contributed by atoms with Crippen LogP contribution >= 0.6 is 11.8 Å². The van der Waals surface area contributed by atoms with Gasteiger partial charge in [0, 0.05) is 17.5 Å². The molecule has 2 heterocycles. The maximum Gasteiger partial charge on any atom is 0.433 e. The van der Waals surface area contributed by atoms with Gasteiger partial charge in [0.25, 0.3) is 0 Å². The minimum Gasteiger partial charge on any atom is -0.253 e. The third-order valence-electron chi connectivity index (χ3n) is 3.48. The third kappa shape index (κ3) is 3.58. The van der Waals surface area contributed by atoms with Gasteiger partial charge >= 0.3 is 6.18 Å². The molecule has 2 aromatic rings. The van der Waals surface area contributed by atoms with Gasteiger partial charge in [-0.3, -0.25) is 4.98 Å². The van der Waals surface area contributed by atoms with E-state index in [1.807, 2.05) is 0 Å². The number of rotatable bonds is 3. The third-order valence-corrected chi connectivity index (χ3v) is 4.73. The number of nitrogens with zero attached hydrogens (tertiary/aromatic N) is 3. The van der Waals surface area contributed by atoms with Gasteiger partial charge in [-0.1, -0.05) is 18.9 Å². The first kappa shape index (κ1) is 15.3. The molecule has 0 N–H and O–H groups in total. The topological polar surface area (TPSA) is 38.7 Å². The molecule has 116 valence electrons. The fraction of sp³-hybridized carbons (Fsp3) is 0.400. The lowest BCUT2D eigenvalue weighted by Gasteiger charge is -2.12. The maximum atomic E-state index is 13.1. The predicted octanol–water partition coefficient (Wildman–Crippen LogP) is 4.59. The van der Waals surface area contributed by atoms with E-state index >= 15 is 0 Å². The monoisotopic (exact) mass is 325 g/mol. The molecular formula is C15H14F3N3S. The van der Waals surface area contributed by atoms with Crippen molar-refractivity contribution in [2.45, 2.75) is 42.1 Å². The van der Waals surface area contributed by atoms with Crippen molar-refractivity contribution in [1.82, 2.24) is 15.0 Å². The summed E-state index contributed by atoms with van der Waals surface area (Å²) in [4.78, 5) is 12.0. The normalized spacial score (nSPS) is 16.1. The van der Waals surface area contributed by atoms with Gasteiger partial charge in [-0.15, -0.1) is 11.8 Å². The van der Waals surface area contributed by atoms with Crippen LogP contribution in [0, 0.1) is 0 Å². The van der Waals surface area contributed by atoms with Crippen molar-refractivity contribution in [2.24, 2.45) is 0 Å². The summed E-state index contributed by atoms with van der Waals surface area (Å²) in [5.41, 5.74) is -0.564. The first-order chi connectivity index (χ1) is 10.5. The summed E-state index contributed by atoms with van der Waals surface area (Å²) in [6.45, 7) is 0. The Morgan fingerprint density at radius 1 is 1.09 bits per heavy atom. The van der Waals surface area contributed by atoms with E-state index in [-0.39, 0.29) is 5.82 Å². The van der Waals surface area contributed by atoms with Gasteiger partial charge in [0.05, 0.1) is 0 Å². The minimum absolute atomic E-state index is 0.0240.